The van der Waals surface area contributed by atoms with Crippen LogP contribution in [0.4, 0.5) is 5.95 Å². The molecule has 114 valence electrons. The lowest BCUT2D eigenvalue weighted by Crippen LogP contribution is -2.54. The number of rotatable bonds is 2. The number of carbonyl (C=O) groups excluding carboxylic acids is 1. The molecule has 2 heterocycles. The first-order valence-corrected chi connectivity index (χ1v) is 7.51. The molecule has 0 bridgehead atoms. The highest BCUT2D eigenvalue weighted by Gasteiger charge is 2.27. The van der Waals surface area contributed by atoms with Gasteiger partial charge in [0.05, 0.1) is 11.2 Å². The van der Waals surface area contributed by atoms with Gasteiger partial charge in [0.2, 0.25) is 11.9 Å². The van der Waals surface area contributed by atoms with E-state index in [9.17, 15) is 4.79 Å². The maximum atomic E-state index is 11.7. The lowest BCUT2D eigenvalue weighted by Gasteiger charge is -2.39. The minimum Gasteiger partial charge on any atom is -0.335 e. The third-order valence-electron chi connectivity index (χ3n) is 4.15. The fraction of sp³-hybridized carbons (Fsp3) is 0.353. The van der Waals surface area contributed by atoms with E-state index in [1.165, 1.54) is 6.08 Å². The average Bonchev–Trinajstić information content (AvgIpc) is 2.54. The minimum atomic E-state index is -0.0119. The molecular weight excluding hydrogens is 276 g/mol. The van der Waals surface area contributed by atoms with Gasteiger partial charge in [0, 0.05) is 31.1 Å². The van der Waals surface area contributed by atoms with Crippen molar-refractivity contribution < 1.29 is 4.79 Å². The lowest BCUT2D eigenvalue weighted by molar-refractivity contribution is -0.126. The maximum absolute atomic E-state index is 11.7. The van der Waals surface area contributed by atoms with Crippen molar-refractivity contribution in [2.24, 2.45) is 0 Å². The van der Waals surface area contributed by atoms with Crippen molar-refractivity contribution in [1.82, 2.24) is 14.9 Å². The summed E-state index contributed by atoms with van der Waals surface area (Å²) in [5.74, 6) is 0.733. The van der Waals surface area contributed by atoms with Crippen LogP contribution in [0.25, 0.3) is 10.9 Å². The molecule has 5 heteroatoms. The van der Waals surface area contributed by atoms with E-state index in [1.807, 2.05) is 36.1 Å². The first-order chi connectivity index (χ1) is 10.6. The van der Waals surface area contributed by atoms with Crippen LogP contribution < -0.4 is 4.90 Å². The van der Waals surface area contributed by atoms with Crippen molar-refractivity contribution in [1.29, 1.82) is 0 Å². The Hall–Kier alpha value is -2.43. The summed E-state index contributed by atoms with van der Waals surface area (Å²) >= 11 is 0. The number of piperazine rings is 1. The number of amides is 1. The third kappa shape index (κ3) is 2.54. The molecule has 1 aliphatic heterocycles. The molecule has 1 aliphatic rings. The van der Waals surface area contributed by atoms with Crippen LogP contribution in [-0.4, -0.2) is 46.5 Å². The molecule has 0 aliphatic carbocycles. The highest BCUT2D eigenvalue weighted by atomic mass is 16.2. The zero-order valence-corrected chi connectivity index (χ0v) is 13.0. The van der Waals surface area contributed by atoms with Crippen LogP contribution in [0.15, 0.2) is 36.9 Å². The van der Waals surface area contributed by atoms with Gasteiger partial charge in [0.1, 0.15) is 0 Å². The minimum absolute atomic E-state index is 0.0119. The van der Waals surface area contributed by atoms with Crippen molar-refractivity contribution >= 4 is 22.8 Å². The summed E-state index contributed by atoms with van der Waals surface area (Å²) in [4.78, 5) is 25.1. The molecule has 22 heavy (non-hydrogen) atoms. The molecule has 5 nitrogen and oxygen atoms in total. The Bertz CT molecular complexity index is 728. The number of nitrogens with zero attached hydrogens (tertiary/aromatic N) is 4. The zero-order valence-electron chi connectivity index (χ0n) is 13.0. The first kappa shape index (κ1) is 14.5. The summed E-state index contributed by atoms with van der Waals surface area (Å²) in [6, 6.07) is 8.22. The molecule has 0 radical (unpaired) electrons. The van der Waals surface area contributed by atoms with Gasteiger partial charge >= 0.3 is 0 Å². The Kier molecular flexibility index (Phi) is 3.79. The largest absolute Gasteiger partial charge is 0.335 e. The van der Waals surface area contributed by atoms with Crippen molar-refractivity contribution in [3.63, 3.8) is 0 Å². The summed E-state index contributed by atoms with van der Waals surface area (Å²) in [5.41, 5.74) is 1.94. The van der Waals surface area contributed by atoms with Crippen LogP contribution in [-0.2, 0) is 4.79 Å². The Labute approximate surface area is 130 Å². The summed E-state index contributed by atoms with van der Waals surface area (Å²) in [7, 11) is 0. The first-order valence-electron chi connectivity index (χ1n) is 7.51. The zero-order chi connectivity index (χ0) is 15.7. The van der Waals surface area contributed by atoms with Crippen LogP contribution in [0.1, 0.15) is 12.6 Å². The lowest BCUT2D eigenvalue weighted by atomic mass is 10.2. The molecule has 1 saturated heterocycles. The van der Waals surface area contributed by atoms with E-state index in [-0.39, 0.29) is 11.9 Å². The molecule has 1 aromatic carbocycles. The van der Waals surface area contributed by atoms with Crippen LogP contribution in [0.3, 0.4) is 0 Å². The third-order valence-corrected chi connectivity index (χ3v) is 4.15. The van der Waals surface area contributed by atoms with E-state index in [2.05, 4.69) is 23.4 Å². The number of anilines is 1. The smallest absolute Gasteiger partial charge is 0.246 e. The fourth-order valence-corrected chi connectivity index (χ4v) is 2.93. The number of para-hydroxylation sites is 1. The highest BCUT2D eigenvalue weighted by Crippen LogP contribution is 2.22. The van der Waals surface area contributed by atoms with Gasteiger partial charge in [-0.05, 0) is 26.0 Å². The molecule has 0 unspecified atom stereocenters. The second-order valence-electron chi connectivity index (χ2n) is 5.66. The number of aryl methyl sites for hydroxylation is 1. The SMILES string of the molecule is C=CC(=O)N1CCN(c2nc(C)c3ccccc3n2)[C@@H](C)C1. The quantitative estimate of drug-likeness (QED) is 0.797. The summed E-state index contributed by atoms with van der Waals surface area (Å²) in [6.45, 7) is 9.73. The van der Waals surface area contributed by atoms with E-state index < -0.39 is 0 Å². The van der Waals surface area contributed by atoms with Crippen LogP contribution in [0.5, 0.6) is 0 Å². The predicted octanol–water partition coefficient (Wildman–Crippen LogP) is 2.16. The number of aromatic nitrogens is 2. The topological polar surface area (TPSA) is 49.3 Å². The van der Waals surface area contributed by atoms with Gasteiger partial charge in [-0.1, -0.05) is 24.8 Å². The van der Waals surface area contributed by atoms with Gasteiger partial charge in [0.25, 0.3) is 0 Å². The molecule has 0 spiro atoms. The normalized spacial score (nSPS) is 18.5. The Morgan fingerprint density at radius 1 is 1.32 bits per heavy atom. The molecule has 3 rings (SSSR count). The van der Waals surface area contributed by atoms with Gasteiger partial charge < -0.3 is 9.80 Å². The fourth-order valence-electron chi connectivity index (χ4n) is 2.93. The van der Waals surface area contributed by atoms with E-state index in [4.69, 9.17) is 4.98 Å². The van der Waals surface area contributed by atoms with Crippen LogP contribution in [0, 0.1) is 6.92 Å². The van der Waals surface area contributed by atoms with Crippen LogP contribution in [0.2, 0.25) is 0 Å². The highest BCUT2D eigenvalue weighted by molar-refractivity contribution is 5.87. The molecular formula is C17H20N4O. The molecule has 1 fully saturated rings. The molecule has 2 aromatic rings. The number of fused-ring (bicyclic) bond motifs is 1. The van der Waals surface area contributed by atoms with E-state index in [0.717, 1.165) is 29.1 Å². The molecule has 1 amide bonds. The van der Waals surface area contributed by atoms with Crippen LogP contribution >= 0.6 is 0 Å². The number of benzene rings is 1. The second kappa shape index (κ2) is 5.75. The van der Waals surface area contributed by atoms with Gasteiger partial charge in [0.15, 0.2) is 0 Å². The Balaban J connectivity index is 1.89. The average molecular weight is 296 g/mol. The molecule has 1 atom stereocenters. The number of hydrogen-bond acceptors (Lipinski definition) is 4. The van der Waals surface area contributed by atoms with Crippen molar-refractivity contribution in [3.05, 3.63) is 42.6 Å². The molecule has 0 N–H and O–H groups in total. The van der Waals surface area contributed by atoms with Gasteiger partial charge in [-0.3, -0.25) is 4.79 Å². The Morgan fingerprint density at radius 2 is 2.09 bits per heavy atom. The Morgan fingerprint density at radius 3 is 2.82 bits per heavy atom. The standard InChI is InChI=1S/C17H20N4O/c1-4-16(22)20-9-10-21(12(2)11-20)17-18-13(3)14-7-5-6-8-15(14)19-17/h4-8,12H,1,9-11H2,2-3H3/t12-/m0/s1. The monoisotopic (exact) mass is 296 g/mol. The van der Waals surface area contributed by atoms with Crippen molar-refractivity contribution in [2.45, 2.75) is 19.9 Å². The van der Waals surface area contributed by atoms with Crippen molar-refractivity contribution in [3.8, 4) is 0 Å². The van der Waals surface area contributed by atoms with Gasteiger partial charge in [-0.15, -0.1) is 0 Å². The molecule has 1 aromatic heterocycles. The summed E-state index contributed by atoms with van der Waals surface area (Å²) < 4.78 is 0. The number of hydrogen-bond donors (Lipinski definition) is 0. The number of carbonyl (C=O) groups is 1. The molecule has 0 saturated carbocycles. The van der Waals surface area contributed by atoms with E-state index >= 15 is 0 Å². The van der Waals surface area contributed by atoms with Gasteiger partial charge in [-0.25, -0.2) is 9.97 Å². The van der Waals surface area contributed by atoms with Gasteiger partial charge in [-0.2, -0.15) is 0 Å². The summed E-state index contributed by atoms with van der Waals surface area (Å²) in [5, 5.41) is 1.08. The maximum Gasteiger partial charge on any atom is 0.246 e. The predicted molar refractivity (Wildman–Crippen MR) is 87.9 cm³/mol. The second-order valence-corrected chi connectivity index (χ2v) is 5.66. The van der Waals surface area contributed by atoms with Crippen molar-refractivity contribution in [2.75, 3.05) is 24.5 Å². The summed E-state index contributed by atoms with van der Waals surface area (Å²) in [6.07, 6.45) is 1.37. The van der Waals surface area contributed by atoms with E-state index in [0.29, 0.717) is 13.1 Å². The van der Waals surface area contributed by atoms with E-state index in [1.54, 1.807) is 0 Å².